The molecule has 0 saturated heterocycles. The summed E-state index contributed by atoms with van der Waals surface area (Å²) in [6, 6.07) is 9.60. The number of nitrogens with zero attached hydrogens (tertiary/aromatic N) is 3. The van der Waals surface area contributed by atoms with Crippen LogP contribution in [0, 0.1) is 0 Å². The van der Waals surface area contributed by atoms with Crippen molar-refractivity contribution >= 4 is 57.5 Å². The molecule has 0 amide bonds. The number of aryl methyl sites for hydroxylation is 1. The second kappa shape index (κ2) is 7.38. The normalized spacial score (nSPS) is 15.0. The number of imidazole rings is 1. The highest BCUT2D eigenvalue weighted by Gasteiger charge is 2.27. The Hall–Kier alpha value is -1.68. The summed E-state index contributed by atoms with van der Waals surface area (Å²) in [4.78, 5) is 7.07. The summed E-state index contributed by atoms with van der Waals surface area (Å²) in [6.07, 6.45) is 3.97. The summed E-state index contributed by atoms with van der Waals surface area (Å²) in [5, 5.41) is 1.90. The van der Waals surface area contributed by atoms with Gasteiger partial charge in [-0.3, -0.25) is 0 Å². The van der Waals surface area contributed by atoms with Crippen molar-refractivity contribution in [1.82, 2.24) is 9.55 Å². The molecular weight excluding hydrogens is 401 g/mol. The predicted molar refractivity (Wildman–Crippen MR) is 116 cm³/mol. The minimum Gasteiger partial charge on any atom is -0.310 e. The number of benzene rings is 2. The average Bonchev–Trinajstić information content (AvgIpc) is 3.05. The second-order valence-corrected chi connectivity index (χ2v) is 8.00. The Labute approximate surface area is 174 Å². The van der Waals surface area contributed by atoms with Crippen LogP contribution < -0.4 is 4.90 Å². The molecule has 4 rings (SSSR count). The zero-order valence-corrected chi connectivity index (χ0v) is 17.3. The van der Waals surface area contributed by atoms with Gasteiger partial charge in [0, 0.05) is 24.0 Å². The van der Waals surface area contributed by atoms with Gasteiger partial charge < -0.3 is 9.47 Å². The molecule has 1 unspecified atom stereocenters. The lowest BCUT2D eigenvalue weighted by Gasteiger charge is -2.30. The highest BCUT2D eigenvalue weighted by Crippen LogP contribution is 2.41. The summed E-state index contributed by atoms with van der Waals surface area (Å²) < 4.78 is 2.26. The average molecular weight is 421 g/mol. The highest BCUT2D eigenvalue weighted by atomic mass is 35.5. The zero-order valence-electron chi connectivity index (χ0n) is 15.1. The van der Waals surface area contributed by atoms with Crippen LogP contribution in [-0.4, -0.2) is 16.1 Å². The van der Waals surface area contributed by atoms with Crippen LogP contribution in [-0.2, 0) is 6.54 Å². The molecule has 0 radical (unpaired) electrons. The van der Waals surface area contributed by atoms with Crippen LogP contribution in [0.15, 0.2) is 43.0 Å². The van der Waals surface area contributed by atoms with Gasteiger partial charge in [-0.2, -0.15) is 0 Å². The van der Waals surface area contributed by atoms with Gasteiger partial charge in [0.15, 0.2) is 0 Å². The fourth-order valence-electron chi connectivity index (χ4n) is 3.87. The van der Waals surface area contributed by atoms with Gasteiger partial charge in [0.05, 0.1) is 21.2 Å². The van der Waals surface area contributed by atoms with Crippen LogP contribution in [0.4, 0.5) is 11.6 Å². The molecule has 2 heterocycles. The fourth-order valence-corrected chi connectivity index (χ4v) is 4.57. The number of hydrogen-bond acceptors (Lipinski definition) is 2. The first-order valence-corrected chi connectivity index (χ1v) is 10.2. The van der Waals surface area contributed by atoms with E-state index in [-0.39, 0.29) is 5.92 Å². The van der Waals surface area contributed by atoms with E-state index in [1.807, 2.05) is 24.3 Å². The van der Waals surface area contributed by atoms with Gasteiger partial charge in [-0.1, -0.05) is 53.9 Å². The molecule has 27 heavy (non-hydrogen) atoms. The maximum Gasteiger partial charge on any atom is 0.211 e. The number of halogens is 3. The van der Waals surface area contributed by atoms with Crippen LogP contribution in [0.1, 0.15) is 31.2 Å². The van der Waals surface area contributed by atoms with Crippen molar-refractivity contribution in [1.29, 1.82) is 0 Å². The Morgan fingerprint density at radius 1 is 1.15 bits per heavy atom. The molecular formula is C21H20Cl3N3. The molecule has 0 fully saturated rings. The molecule has 1 atom stereocenters. The summed E-state index contributed by atoms with van der Waals surface area (Å²) in [7, 11) is 0. The van der Waals surface area contributed by atoms with Gasteiger partial charge in [-0.15, -0.1) is 6.58 Å². The van der Waals surface area contributed by atoms with Gasteiger partial charge in [-0.25, -0.2) is 4.98 Å². The molecule has 2 aromatic carbocycles. The van der Waals surface area contributed by atoms with E-state index in [1.54, 1.807) is 6.07 Å². The molecule has 3 nitrogen and oxygen atoms in total. The molecule has 1 aliphatic rings. The maximum absolute atomic E-state index is 6.52. The zero-order chi connectivity index (χ0) is 19.1. The van der Waals surface area contributed by atoms with E-state index in [0.717, 1.165) is 48.6 Å². The highest BCUT2D eigenvalue weighted by molar-refractivity contribution is 6.36. The van der Waals surface area contributed by atoms with Crippen molar-refractivity contribution in [2.75, 3.05) is 11.4 Å². The van der Waals surface area contributed by atoms with E-state index in [0.29, 0.717) is 15.1 Å². The Morgan fingerprint density at radius 3 is 2.67 bits per heavy atom. The van der Waals surface area contributed by atoms with Crippen LogP contribution in [0.2, 0.25) is 15.1 Å². The van der Waals surface area contributed by atoms with E-state index in [4.69, 9.17) is 39.8 Å². The third kappa shape index (κ3) is 3.12. The number of anilines is 2. The van der Waals surface area contributed by atoms with Crippen molar-refractivity contribution < 1.29 is 0 Å². The third-order valence-electron chi connectivity index (χ3n) is 5.19. The smallest absolute Gasteiger partial charge is 0.211 e. The molecule has 0 bridgehead atoms. The van der Waals surface area contributed by atoms with E-state index in [9.17, 15) is 0 Å². The van der Waals surface area contributed by atoms with E-state index >= 15 is 0 Å². The molecule has 1 aliphatic heterocycles. The largest absolute Gasteiger partial charge is 0.310 e. The van der Waals surface area contributed by atoms with Crippen LogP contribution in [0.3, 0.4) is 0 Å². The number of fused-ring (bicyclic) bond motifs is 3. The standard InChI is InChI=1S/C21H20Cl3N3/c1-3-13(4-2)15-7-8-16(23)19-20(15)27-11-5-10-26(21(27)25-19)18-9-6-14(22)12-17(18)24/h3,6-9,12-13H,1,4-5,10-11H2,2H3. The molecule has 6 heteroatoms. The quantitative estimate of drug-likeness (QED) is 0.415. The molecule has 0 aliphatic carbocycles. The second-order valence-electron chi connectivity index (χ2n) is 6.75. The van der Waals surface area contributed by atoms with Gasteiger partial charge in [0.25, 0.3) is 0 Å². The van der Waals surface area contributed by atoms with Crippen molar-refractivity contribution in [2.45, 2.75) is 32.2 Å². The summed E-state index contributed by atoms with van der Waals surface area (Å²) in [5.41, 5.74) is 4.06. The first-order valence-electron chi connectivity index (χ1n) is 9.09. The predicted octanol–water partition coefficient (Wildman–Crippen LogP) is 7.22. The lowest BCUT2D eigenvalue weighted by molar-refractivity contribution is 0.602. The van der Waals surface area contributed by atoms with Crippen LogP contribution in [0.5, 0.6) is 0 Å². The topological polar surface area (TPSA) is 21.1 Å². The summed E-state index contributed by atoms with van der Waals surface area (Å²) in [5.74, 6) is 1.13. The monoisotopic (exact) mass is 419 g/mol. The summed E-state index contributed by atoms with van der Waals surface area (Å²) >= 11 is 19.1. The Balaban J connectivity index is 1.95. The molecule has 140 valence electrons. The van der Waals surface area contributed by atoms with Crippen molar-refractivity contribution in [3.63, 3.8) is 0 Å². The third-order valence-corrected chi connectivity index (χ3v) is 6.03. The van der Waals surface area contributed by atoms with Crippen LogP contribution in [0.25, 0.3) is 11.0 Å². The minimum absolute atomic E-state index is 0.264. The van der Waals surface area contributed by atoms with Crippen molar-refractivity contribution in [3.8, 4) is 0 Å². The molecule has 1 aromatic heterocycles. The van der Waals surface area contributed by atoms with Gasteiger partial charge in [0.2, 0.25) is 5.95 Å². The van der Waals surface area contributed by atoms with E-state index in [1.165, 1.54) is 5.56 Å². The molecule has 0 saturated carbocycles. The number of allylic oxidation sites excluding steroid dienone is 1. The molecule has 3 aromatic rings. The maximum atomic E-state index is 6.52. The molecule has 0 spiro atoms. The SMILES string of the molecule is C=CC(CC)c1ccc(Cl)c2nc3n(c12)CCCN3c1ccc(Cl)cc1Cl. The number of aromatic nitrogens is 2. The first-order chi connectivity index (χ1) is 13.0. The number of rotatable bonds is 4. The Bertz CT molecular complexity index is 1030. The van der Waals surface area contributed by atoms with Crippen molar-refractivity contribution in [2.24, 2.45) is 0 Å². The van der Waals surface area contributed by atoms with Crippen LogP contribution >= 0.6 is 34.8 Å². The lowest BCUT2D eigenvalue weighted by Crippen LogP contribution is -2.28. The fraction of sp³-hybridized carbons (Fsp3) is 0.286. The van der Waals surface area contributed by atoms with E-state index < -0.39 is 0 Å². The first kappa shape index (κ1) is 18.7. The van der Waals surface area contributed by atoms with Gasteiger partial charge >= 0.3 is 0 Å². The summed E-state index contributed by atoms with van der Waals surface area (Å²) in [6.45, 7) is 7.92. The lowest BCUT2D eigenvalue weighted by atomic mass is 9.95. The van der Waals surface area contributed by atoms with Crippen molar-refractivity contribution in [3.05, 3.63) is 63.6 Å². The van der Waals surface area contributed by atoms with Gasteiger partial charge in [-0.05, 0) is 42.7 Å². The Kier molecular flexibility index (Phi) is 5.11. The number of hydrogen-bond donors (Lipinski definition) is 0. The van der Waals surface area contributed by atoms with E-state index in [2.05, 4.69) is 29.0 Å². The minimum atomic E-state index is 0.264. The Morgan fingerprint density at radius 2 is 1.96 bits per heavy atom. The molecule has 0 N–H and O–H groups in total. The van der Waals surface area contributed by atoms with Gasteiger partial charge in [0.1, 0.15) is 5.52 Å².